The van der Waals surface area contributed by atoms with E-state index < -0.39 is 0 Å². The standard InChI is InChI=1S/C15H16ClNO/c1-3-11-9-13(4-6-14(11)16)18-12-5-7-15(17)10(2)8-12/h4-9H,3,17H2,1-2H3. The molecule has 2 N–H and O–H groups in total. The van der Waals surface area contributed by atoms with Crippen LogP contribution in [0.2, 0.25) is 5.02 Å². The Bertz CT molecular complexity index is 566. The molecule has 0 radical (unpaired) electrons. The lowest BCUT2D eigenvalue weighted by molar-refractivity contribution is 0.482. The van der Waals surface area contributed by atoms with Crippen molar-refractivity contribution < 1.29 is 4.74 Å². The summed E-state index contributed by atoms with van der Waals surface area (Å²) in [5, 5.41) is 0.776. The first-order chi connectivity index (χ1) is 8.60. The number of anilines is 1. The van der Waals surface area contributed by atoms with Gasteiger partial charge in [-0.25, -0.2) is 0 Å². The van der Waals surface area contributed by atoms with Crippen molar-refractivity contribution >= 4 is 17.3 Å². The van der Waals surface area contributed by atoms with Gasteiger partial charge in [0.05, 0.1) is 0 Å². The summed E-state index contributed by atoms with van der Waals surface area (Å²) < 4.78 is 5.80. The molecule has 2 aromatic rings. The lowest BCUT2D eigenvalue weighted by atomic mass is 10.1. The van der Waals surface area contributed by atoms with Crippen LogP contribution >= 0.6 is 11.6 Å². The van der Waals surface area contributed by atoms with Gasteiger partial charge in [0.15, 0.2) is 0 Å². The Balaban J connectivity index is 2.25. The highest BCUT2D eigenvalue weighted by molar-refractivity contribution is 6.31. The Morgan fingerprint density at radius 2 is 1.78 bits per heavy atom. The van der Waals surface area contributed by atoms with Crippen molar-refractivity contribution in [1.29, 1.82) is 0 Å². The zero-order valence-electron chi connectivity index (χ0n) is 10.5. The van der Waals surface area contributed by atoms with Crippen molar-refractivity contribution in [1.82, 2.24) is 0 Å². The van der Waals surface area contributed by atoms with Crippen molar-refractivity contribution in [3.63, 3.8) is 0 Å². The minimum Gasteiger partial charge on any atom is -0.457 e. The third-order valence-corrected chi connectivity index (χ3v) is 3.24. The first-order valence-corrected chi connectivity index (χ1v) is 6.30. The smallest absolute Gasteiger partial charge is 0.127 e. The van der Waals surface area contributed by atoms with Gasteiger partial charge >= 0.3 is 0 Å². The maximum atomic E-state index is 6.07. The molecule has 0 aromatic heterocycles. The quantitative estimate of drug-likeness (QED) is 0.821. The van der Waals surface area contributed by atoms with Gasteiger partial charge in [0.1, 0.15) is 11.5 Å². The van der Waals surface area contributed by atoms with E-state index in [-0.39, 0.29) is 0 Å². The fraction of sp³-hybridized carbons (Fsp3) is 0.200. The molecule has 0 aliphatic carbocycles. The van der Waals surface area contributed by atoms with Crippen LogP contribution in [0, 0.1) is 6.92 Å². The molecule has 0 saturated heterocycles. The Hall–Kier alpha value is -1.67. The van der Waals surface area contributed by atoms with Crippen molar-refractivity contribution in [2.24, 2.45) is 0 Å². The molecule has 2 aromatic carbocycles. The molecule has 0 heterocycles. The number of aryl methyl sites for hydroxylation is 2. The molecule has 0 bridgehead atoms. The van der Waals surface area contributed by atoms with Gasteiger partial charge < -0.3 is 10.5 Å². The molecule has 0 aliphatic rings. The molecule has 0 spiro atoms. The second kappa shape index (κ2) is 5.32. The third kappa shape index (κ3) is 2.77. The van der Waals surface area contributed by atoms with Crippen LogP contribution < -0.4 is 10.5 Å². The van der Waals surface area contributed by atoms with Gasteiger partial charge in [-0.1, -0.05) is 18.5 Å². The first kappa shape index (κ1) is 12.8. The minimum absolute atomic E-state index is 0.771. The Morgan fingerprint density at radius 3 is 2.44 bits per heavy atom. The molecule has 2 nitrogen and oxygen atoms in total. The largest absolute Gasteiger partial charge is 0.457 e. The zero-order valence-corrected chi connectivity index (χ0v) is 11.3. The zero-order chi connectivity index (χ0) is 13.1. The van der Waals surface area contributed by atoms with Crippen LogP contribution in [-0.4, -0.2) is 0 Å². The second-order valence-electron chi connectivity index (χ2n) is 4.23. The molecular weight excluding hydrogens is 246 g/mol. The highest BCUT2D eigenvalue weighted by Crippen LogP contribution is 2.28. The lowest BCUT2D eigenvalue weighted by Gasteiger charge is -2.09. The number of benzene rings is 2. The number of nitrogens with two attached hydrogens (primary N) is 1. The van der Waals surface area contributed by atoms with Crippen molar-refractivity contribution in [2.45, 2.75) is 20.3 Å². The summed E-state index contributed by atoms with van der Waals surface area (Å²) in [4.78, 5) is 0. The Kier molecular flexibility index (Phi) is 3.78. The number of hydrogen-bond acceptors (Lipinski definition) is 2. The molecule has 18 heavy (non-hydrogen) atoms. The molecule has 0 amide bonds. The average molecular weight is 262 g/mol. The molecule has 0 aliphatic heterocycles. The molecule has 0 atom stereocenters. The fourth-order valence-corrected chi connectivity index (χ4v) is 1.98. The highest BCUT2D eigenvalue weighted by Gasteiger charge is 2.03. The normalized spacial score (nSPS) is 10.4. The molecular formula is C15H16ClNO. The van der Waals surface area contributed by atoms with Crippen molar-refractivity contribution in [3.05, 3.63) is 52.5 Å². The SMILES string of the molecule is CCc1cc(Oc2ccc(N)c(C)c2)ccc1Cl. The molecule has 94 valence electrons. The van der Waals surface area contributed by atoms with E-state index in [1.54, 1.807) is 0 Å². The van der Waals surface area contributed by atoms with Crippen molar-refractivity contribution in [2.75, 3.05) is 5.73 Å². The Morgan fingerprint density at radius 1 is 1.11 bits per heavy atom. The molecule has 0 fully saturated rings. The van der Waals surface area contributed by atoms with E-state index >= 15 is 0 Å². The predicted molar refractivity (Wildman–Crippen MR) is 76.5 cm³/mol. The predicted octanol–water partition coefficient (Wildman–Crippen LogP) is 4.59. The number of rotatable bonds is 3. The first-order valence-electron chi connectivity index (χ1n) is 5.92. The minimum atomic E-state index is 0.771. The summed E-state index contributed by atoms with van der Waals surface area (Å²) in [5.74, 6) is 1.58. The summed E-state index contributed by atoms with van der Waals surface area (Å²) in [5.41, 5.74) is 8.64. The van der Waals surface area contributed by atoms with E-state index in [1.807, 2.05) is 43.3 Å². The van der Waals surface area contributed by atoms with Crippen LogP contribution in [0.5, 0.6) is 11.5 Å². The van der Waals surface area contributed by atoms with E-state index in [2.05, 4.69) is 6.92 Å². The Labute approximate surface area is 112 Å². The molecule has 0 saturated carbocycles. The van der Waals surface area contributed by atoms with Crippen LogP contribution in [0.25, 0.3) is 0 Å². The maximum absolute atomic E-state index is 6.07. The summed E-state index contributed by atoms with van der Waals surface area (Å²) in [6.07, 6.45) is 0.886. The van der Waals surface area contributed by atoms with Crippen LogP contribution in [-0.2, 0) is 6.42 Å². The molecule has 2 rings (SSSR count). The summed E-state index contributed by atoms with van der Waals surface area (Å²) in [6, 6.07) is 11.3. The van der Waals surface area contributed by atoms with Crippen molar-refractivity contribution in [3.8, 4) is 11.5 Å². The fourth-order valence-electron chi connectivity index (χ4n) is 1.73. The van der Waals surface area contributed by atoms with Gasteiger partial charge in [-0.2, -0.15) is 0 Å². The average Bonchev–Trinajstić information content (AvgIpc) is 2.36. The number of hydrogen-bond donors (Lipinski definition) is 1. The van der Waals surface area contributed by atoms with Crippen LogP contribution in [0.4, 0.5) is 5.69 Å². The molecule has 3 heteroatoms. The van der Waals surface area contributed by atoms with Gasteiger partial charge in [0.25, 0.3) is 0 Å². The van der Waals surface area contributed by atoms with Crippen LogP contribution in [0.3, 0.4) is 0 Å². The van der Waals surface area contributed by atoms with E-state index in [0.29, 0.717) is 0 Å². The maximum Gasteiger partial charge on any atom is 0.127 e. The highest BCUT2D eigenvalue weighted by atomic mass is 35.5. The number of halogens is 1. The number of nitrogen functional groups attached to an aromatic ring is 1. The van der Waals surface area contributed by atoms with Gasteiger partial charge in [0.2, 0.25) is 0 Å². The van der Waals surface area contributed by atoms with E-state index in [1.165, 1.54) is 0 Å². The monoisotopic (exact) mass is 261 g/mol. The summed E-state index contributed by atoms with van der Waals surface area (Å²) in [6.45, 7) is 4.03. The van der Waals surface area contributed by atoms with E-state index in [9.17, 15) is 0 Å². The summed E-state index contributed by atoms with van der Waals surface area (Å²) in [7, 11) is 0. The van der Waals surface area contributed by atoms with Gasteiger partial charge in [-0.3, -0.25) is 0 Å². The van der Waals surface area contributed by atoms with E-state index in [4.69, 9.17) is 22.1 Å². The lowest BCUT2D eigenvalue weighted by Crippen LogP contribution is -1.91. The van der Waals surface area contributed by atoms with E-state index in [0.717, 1.165) is 39.8 Å². The molecule has 0 unspecified atom stereocenters. The number of ether oxygens (including phenoxy) is 1. The van der Waals surface area contributed by atoms with Gasteiger partial charge in [-0.15, -0.1) is 0 Å². The van der Waals surface area contributed by atoms with Crippen LogP contribution in [0.1, 0.15) is 18.1 Å². The third-order valence-electron chi connectivity index (χ3n) is 2.88. The van der Waals surface area contributed by atoms with Crippen LogP contribution in [0.15, 0.2) is 36.4 Å². The van der Waals surface area contributed by atoms with Gasteiger partial charge in [-0.05, 0) is 60.9 Å². The second-order valence-corrected chi connectivity index (χ2v) is 4.63. The summed E-state index contributed by atoms with van der Waals surface area (Å²) >= 11 is 6.07. The topological polar surface area (TPSA) is 35.2 Å². The van der Waals surface area contributed by atoms with Gasteiger partial charge in [0, 0.05) is 10.7 Å².